The highest BCUT2D eigenvalue weighted by Gasteiger charge is 2.36. The molecule has 0 aromatic heterocycles. The quantitative estimate of drug-likeness (QED) is 0.0409. The van der Waals surface area contributed by atoms with E-state index in [1.165, 1.54) is 23.6 Å². The number of nitrogens with one attached hydrogen (secondary N) is 3. The summed E-state index contributed by atoms with van der Waals surface area (Å²) in [6.07, 6.45) is 3.75. The van der Waals surface area contributed by atoms with Crippen molar-refractivity contribution >= 4 is 35.8 Å². The predicted octanol–water partition coefficient (Wildman–Crippen LogP) is 5.98. The summed E-state index contributed by atoms with van der Waals surface area (Å²) in [6.45, 7) is 5.16. The van der Waals surface area contributed by atoms with Crippen molar-refractivity contribution in [3.05, 3.63) is 156 Å². The molecule has 4 rings (SSSR count). The second kappa shape index (κ2) is 20.2. The first-order valence-corrected chi connectivity index (χ1v) is 18.7. The third-order valence-corrected chi connectivity index (χ3v) is 10.3. The van der Waals surface area contributed by atoms with Crippen molar-refractivity contribution < 1.29 is 24.3 Å². The first-order valence-electron chi connectivity index (χ1n) is 17.7. The fourth-order valence-corrected chi connectivity index (χ4v) is 7.37. The standard InChI is InChI=1S/C43H49N3O5S/c1-31(2)39(30-47)46-42(51)38(28-33-18-8-4-9-19-33)45-41(50)32(3)44-40(49)29-37(48)26-16-17-27-52-43(34-20-10-5-11-21-34,35-22-12-6-13-23-35)36-24-14-7-15-25-36/h4-16,18-26,30-32,37-39,48H,17,27-29H2,1-3H3,(H,44,49)(H,45,50)(H,46,51)/b26-16+/t32-,37+,38-,39+/m1/s1. The van der Waals surface area contributed by atoms with Gasteiger partial charge in [-0.1, -0.05) is 147 Å². The van der Waals surface area contributed by atoms with Crippen molar-refractivity contribution in [3.63, 3.8) is 0 Å². The average Bonchev–Trinajstić information content (AvgIpc) is 3.16. The lowest BCUT2D eigenvalue weighted by Gasteiger charge is -2.35. The highest BCUT2D eigenvalue weighted by Crippen LogP contribution is 2.48. The minimum absolute atomic E-state index is 0.126. The van der Waals surface area contributed by atoms with E-state index in [0.717, 1.165) is 11.3 Å². The summed E-state index contributed by atoms with van der Waals surface area (Å²) >= 11 is 1.82. The third kappa shape index (κ3) is 11.3. The van der Waals surface area contributed by atoms with Gasteiger partial charge < -0.3 is 25.9 Å². The number of hydrogen-bond acceptors (Lipinski definition) is 6. The van der Waals surface area contributed by atoms with Crippen LogP contribution in [0.2, 0.25) is 0 Å². The van der Waals surface area contributed by atoms with Crippen LogP contribution in [0.5, 0.6) is 0 Å². The SMILES string of the molecule is CC(C)[C@H](C=O)NC(=O)[C@@H](Cc1ccccc1)NC(=O)[C@@H](C)NC(=O)C[C@@H](O)/C=C/CCSC(c1ccccc1)(c1ccccc1)c1ccccc1. The summed E-state index contributed by atoms with van der Waals surface area (Å²) in [4.78, 5) is 50.6. The second-order valence-corrected chi connectivity index (χ2v) is 14.4. The Balaban J connectivity index is 1.33. The van der Waals surface area contributed by atoms with Crippen molar-refractivity contribution in [2.75, 3.05) is 5.75 Å². The average molecular weight is 720 g/mol. The summed E-state index contributed by atoms with van der Waals surface area (Å²) in [5.41, 5.74) is 4.34. The predicted molar refractivity (Wildman–Crippen MR) is 209 cm³/mol. The molecule has 0 spiro atoms. The fourth-order valence-electron chi connectivity index (χ4n) is 5.90. The van der Waals surface area contributed by atoms with Crippen molar-refractivity contribution in [3.8, 4) is 0 Å². The van der Waals surface area contributed by atoms with Gasteiger partial charge in [0.25, 0.3) is 0 Å². The Hall–Kier alpha value is -4.99. The van der Waals surface area contributed by atoms with Crippen LogP contribution in [-0.4, -0.2) is 59.1 Å². The van der Waals surface area contributed by atoms with Crippen molar-refractivity contribution in [2.45, 2.75) is 69.0 Å². The van der Waals surface area contributed by atoms with Crippen LogP contribution in [0, 0.1) is 5.92 Å². The molecular formula is C43H49N3O5S. The zero-order valence-corrected chi connectivity index (χ0v) is 30.8. The zero-order chi connectivity index (χ0) is 37.3. The molecule has 4 N–H and O–H groups in total. The van der Waals surface area contributed by atoms with Gasteiger partial charge >= 0.3 is 0 Å². The smallest absolute Gasteiger partial charge is 0.243 e. The zero-order valence-electron chi connectivity index (χ0n) is 30.0. The lowest BCUT2D eigenvalue weighted by atomic mass is 9.84. The Morgan fingerprint density at radius 3 is 1.69 bits per heavy atom. The van der Waals surface area contributed by atoms with Gasteiger partial charge in [-0.2, -0.15) is 0 Å². The van der Waals surface area contributed by atoms with Crippen LogP contribution in [0.3, 0.4) is 0 Å². The monoisotopic (exact) mass is 719 g/mol. The summed E-state index contributed by atoms with van der Waals surface area (Å²) in [5, 5.41) is 18.7. The lowest BCUT2D eigenvalue weighted by molar-refractivity contribution is -0.132. The first-order chi connectivity index (χ1) is 25.1. The molecular weight excluding hydrogens is 671 g/mol. The number of aldehydes is 1. The van der Waals surface area contributed by atoms with Gasteiger partial charge in [-0.15, -0.1) is 11.8 Å². The Labute approximate surface area is 311 Å². The van der Waals surface area contributed by atoms with Gasteiger partial charge in [0.05, 0.1) is 23.3 Å². The number of benzene rings is 4. The number of thioether (sulfide) groups is 1. The molecule has 0 aliphatic rings. The van der Waals surface area contributed by atoms with E-state index in [4.69, 9.17) is 0 Å². The highest BCUT2D eigenvalue weighted by atomic mass is 32.2. The summed E-state index contributed by atoms with van der Waals surface area (Å²) in [7, 11) is 0. The molecule has 0 heterocycles. The summed E-state index contributed by atoms with van der Waals surface area (Å²) in [5.74, 6) is -0.937. The van der Waals surface area contributed by atoms with Crippen LogP contribution < -0.4 is 16.0 Å². The molecule has 0 unspecified atom stereocenters. The van der Waals surface area contributed by atoms with Gasteiger partial charge in [0.1, 0.15) is 18.4 Å². The minimum Gasteiger partial charge on any atom is -0.389 e. The van der Waals surface area contributed by atoms with Gasteiger partial charge in [-0.3, -0.25) is 14.4 Å². The fraction of sp³-hybridized carbons (Fsp3) is 0.302. The molecule has 4 atom stereocenters. The van der Waals surface area contributed by atoms with E-state index in [1.54, 1.807) is 6.08 Å². The Morgan fingerprint density at radius 1 is 0.712 bits per heavy atom. The Bertz CT molecular complexity index is 1640. The van der Waals surface area contributed by atoms with Crippen LogP contribution in [0.1, 0.15) is 55.9 Å². The van der Waals surface area contributed by atoms with Crippen molar-refractivity contribution in [2.24, 2.45) is 5.92 Å². The largest absolute Gasteiger partial charge is 0.389 e. The molecule has 0 saturated heterocycles. The van der Waals surface area contributed by atoms with Crippen LogP contribution in [0.25, 0.3) is 0 Å². The molecule has 4 aromatic rings. The summed E-state index contributed by atoms with van der Waals surface area (Å²) < 4.78 is -0.446. The summed E-state index contributed by atoms with van der Waals surface area (Å²) in [6, 6.07) is 37.9. The van der Waals surface area contributed by atoms with E-state index < -0.39 is 46.7 Å². The van der Waals surface area contributed by atoms with Crippen LogP contribution >= 0.6 is 11.8 Å². The van der Waals surface area contributed by atoms with Gasteiger partial charge in [-0.25, -0.2) is 0 Å². The normalized spacial score (nSPS) is 13.9. The number of aliphatic hydroxyl groups excluding tert-OH is 1. The molecule has 8 nitrogen and oxygen atoms in total. The second-order valence-electron chi connectivity index (χ2n) is 13.1. The molecule has 52 heavy (non-hydrogen) atoms. The van der Waals surface area contributed by atoms with Crippen LogP contribution in [0.4, 0.5) is 0 Å². The molecule has 0 aliphatic carbocycles. The maximum Gasteiger partial charge on any atom is 0.243 e. The maximum atomic E-state index is 13.2. The molecule has 0 bridgehead atoms. The molecule has 4 aromatic carbocycles. The van der Waals surface area contributed by atoms with E-state index in [0.29, 0.717) is 12.7 Å². The molecule has 0 radical (unpaired) electrons. The number of rotatable bonds is 19. The molecule has 0 saturated carbocycles. The molecule has 0 fully saturated rings. The van der Waals surface area contributed by atoms with Crippen LogP contribution in [-0.2, 0) is 30.3 Å². The van der Waals surface area contributed by atoms with Gasteiger partial charge in [0.15, 0.2) is 0 Å². The Kier molecular flexibility index (Phi) is 15.4. The molecule has 9 heteroatoms. The molecule has 272 valence electrons. The van der Waals surface area contributed by atoms with E-state index in [1.807, 2.05) is 80.2 Å². The third-order valence-electron chi connectivity index (χ3n) is 8.76. The molecule has 0 aliphatic heterocycles. The topological polar surface area (TPSA) is 125 Å². The number of carbonyl (C=O) groups is 4. The van der Waals surface area contributed by atoms with Crippen molar-refractivity contribution in [1.82, 2.24) is 16.0 Å². The Morgan fingerprint density at radius 2 is 1.21 bits per heavy atom. The van der Waals surface area contributed by atoms with E-state index in [-0.39, 0.29) is 18.8 Å². The number of amides is 3. The lowest BCUT2D eigenvalue weighted by Crippen LogP contribution is -2.55. The van der Waals surface area contributed by atoms with E-state index >= 15 is 0 Å². The highest BCUT2D eigenvalue weighted by molar-refractivity contribution is 8.00. The van der Waals surface area contributed by atoms with Gasteiger partial charge in [-0.05, 0) is 47.3 Å². The van der Waals surface area contributed by atoms with E-state index in [9.17, 15) is 24.3 Å². The number of carbonyl (C=O) groups excluding carboxylic acids is 4. The number of allylic oxidation sites excluding steroid dienone is 1. The van der Waals surface area contributed by atoms with Gasteiger partial charge in [0, 0.05) is 6.42 Å². The van der Waals surface area contributed by atoms with E-state index in [2.05, 4.69) is 88.7 Å². The van der Waals surface area contributed by atoms with Gasteiger partial charge in [0.2, 0.25) is 17.7 Å². The number of hydrogen-bond donors (Lipinski definition) is 4. The van der Waals surface area contributed by atoms with Crippen LogP contribution in [0.15, 0.2) is 133 Å². The maximum absolute atomic E-state index is 13.2. The molecule has 3 amide bonds. The van der Waals surface area contributed by atoms with Crippen molar-refractivity contribution in [1.29, 1.82) is 0 Å². The minimum atomic E-state index is -1.05. The number of aliphatic hydroxyl groups is 1. The first kappa shape index (κ1) is 39.8.